The summed E-state index contributed by atoms with van der Waals surface area (Å²) < 4.78 is 1.81. The molecular formula is C29H34N4O2. The highest BCUT2D eigenvalue weighted by Crippen LogP contribution is 2.38. The quantitative estimate of drug-likeness (QED) is 0.358. The molecule has 0 radical (unpaired) electrons. The summed E-state index contributed by atoms with van der Waals surface area (Å²) in [5.74, 6) is -0.0365. The zero-order chi connectivity index (χ0) is 25.2. The first-order valence-electron chi connectivity index (χ1n) is 12.2. The molecule has 0 aliphatic heterocycles. The maximum atomic E-state index is 13.0. The third kappa shape index (κ3) is 5.37. The molecule has 1 aliphatic rings. The normalized spacial score (nSPS) is 14.4. The molecule has 0 saturated heterocycles. The van der Waals surface area contributed by atoms with Crippen LogP contribution < -0.4 is 11.1 Å². The van der Waals surface area contributed by atoms with Crippen molar-refractivity contribution in [3.05, 3.63) is 88.8 Å². The van der Waals surface area contributed by atoms with Crippen molar-refractivity contribution in [2.75, 3.05) is 12.3 Å². The van der Waals surface area contributed by atoms with Gasteiger partial charge in [-0.1, -0.05) is 49.8 Å². The van der Waals surface area contributed by atoms with Crippen molar-refractivity contribution in [1.82, 2.24) is 15.1 Å². The smallest absolute Gasteiger partial charge is 0.251 e. The van der Waals surface area contributed by atoms with Crippen molar-refractivity contribution >= 4 is 17.4 Å². The number of nitrogen functional groups attached to an aromatic ring is 1. The molecule has 6 heteroatoms. The summed E-state index contributed by atoms with van der Waals surface area (Å²) in [4.78, 5) is 25.7. The Bertz CT molecular complexity index is 1270. The van der Waals surface area contributed by atoms with Gasteiger partial charge < -0.3 is 11.1 Å². The third-order valence-electron chi connectivity index (χ3n) is 6.54. The summed E-state index contributed by atoms with van der Waals surface area (Å²) in [5, 5.41) is 7.78. The van der Waals surface area contributed by atoms with Gasteiger partial charge in [-0.25, -0.2) is 4.68 Å². The standard InChI is InChI=1S/C29H34N4O2/c1-5-6-7-23-27-25(17-29(3,4)18-26(27)34)33(32-23)24-13-12-21(16-22(24)30)28(35)31-15-14-20-10-8-19(2)9-11-20/h5,8-13,16H,1,6-7,14-15,17-18,30H2,2-4H3,(H,31,35). The van der Waals surface area contributed by atoms with E-state index in [9.17, 15) is 9.59 Å². The fourth-order valence-corrected chi connectivity index (χ4v) is 4.71. The van der Waals surface area contributed by atoms with Crippen LogP contribution >= 0.6 is 0 Å². The van der Waals surface area contributed by atoms with E-state index in [1.165, 1.54) is 11.1 Å². The summed E-state index contributed by atoms with van der Waals surface area (Å²) in [6.07, 6.45) is 5.24. The first-order valence-corrected chi connectivity index (χ1v) is 12.2. The SMILES string of the molecule is C=CCCc1nn(-c2ccc(C(=O)NCCc3ccc(C)cc3)cc2N)c2c1C(=O)CC(C)(C)C2. The lowest BCUT2D eigenvalue weighted by Gasteiger charge is -2.29. The number of fused-ring (bicyclic) bond motifs is 1. The minimum atomic E-state index is -0.166. The molecule has 0 atom stereocenters. The van der Waals surface area contributed by atoms with E-state index in [1.54, 1.807) is 16.8 Å². The molecule has 0 saturated carbocycles. The number of hydrogen-bond acceptors (Lipinski definition) is 4. The molecule has 0 bridgehead atoms. The predicted octanol–water partition coefficient (Wildman–Crippen LogP) is 5.01. The lowest BCUT2D eigenvalue weighted by molar-refractivity contribution is 0.0908. The second-order valence-corrected chi connectivity index (χ2v) is 10.2. The van der Waals surface area contributed by atoms with Crippen LogP contribution in [0.15, 0.2) is 55.1 Å². The molecule has 182 valence electrons. The number of carbonyl (C=O) groups is 2. The Hall–Kier alpha value is -3.67. The number of benzene rings is 2. The van der Waals surface area contributed by atoms with E-state index in [2.05, 4.69) is 56.9 Å². The number of ketones is 1. The number of allylic oxidation sites excluding steroid dienone is 1. The van der Waals surface area contributed by atoms with Crippen LogP contribution in [-0.4, -0.2) is 28.0 Å². The van der Waals surface area contributed by atoms with E-state index in [4.69, 9.17) is 10.8 Å². The van der Waals surface area contributed by atoms with Crippen LogP contribution in [-0.2, 0) is 19.3 Å². The van der Waals surface area contributed by atoms with Gasteiger partial charge in [0.25, 0.3) is 5.91 Å². The molecule has 1 amide bonds. The van der Waals surface area contributed by atoms with Crippen molar-refractivity contribution in [2.24, 2.45) is 5.41 Å². The highest BCUT2D eigenvalue weighted by atomic mass is 16.1. The summed E-state index contributed by atoms with van der Waals surface area (Å²) in [6, 6.07) is 13.6. The number of nitrogens with two attached hydrogens (primary N) is 1. The minimum Gasteiger partial charge on any atom is -0.397 e. The Morgan fingerprint density at radius 2 is 1.91 bits per heavy atom. The zero-order valence-corrected chi connectivity index (χ0v) is 20.9. The van der Waals surface area contributed by atoms with Crippen LogP contribution in [0.4, 0.5) is 5.69 Å². The van der Waals surface area contributed by atoms with Crippen LogP contribution in [0.5, 0.6) is 0 Å². The summed E-state index contributed by atoms with van der Waals surface area (Å²) in [5.41, 5.74) is 12.7. The lowest BCUT2D eigenvalue weighted by Crippen LogP contribution is -2.28. The van der Waals surface area contributed by atoms with Gasteiger partial charge in [-0.15, -0.1) is 6.58 Å². The van der Waals surface area contributed by atoms with Gasteiger partial charge in [-0.05, 0) is 61.8 Å². The highest BCUT2D eigenvalue weighted by molar-refractivity contribution is 6.00. The largest absolute Gasteiger partial charge is 0.397 e. The van der Waals surface area contributed by atoms with Gasteiger partial charge in [-0.3, -0.25) is 9.59 Å². The van der Waals surface area contributed by atoms with Gasteiger partial charge in [0.2, 0.25) is 0 Å². The fraction of sp³-hybridized carbons (Fsp3) is 0.345. The van der Waals surface area contributed by atoms with Crippen LogP contribution in [0, 0.1) is 12.3 Å². The molecule has 1 heterocycles. The zero-order valence-electron chi connectivity index (χ0n) is 20.9. The van der Waals surface area contributed by atoms with Crippen molar-refractivity contribution in [2.45, 2.75) is 52.9 Å². The van der Waals surface area contributed by atoms with E-state index in [1.807, 2.05) is 12.1 Å². The van der Waals surface area contributed by atoms with E-state index in [-0.39, 0.29) is 17.1 Å². The van der Waals surface area contributed by atoms with Gasteiger partial charge in [0.1, 0.15) is 0 Å². The minimum absolute atomic E-state index is 0.129. The van der Waals surface area contributed by atoms with Gasteiger partial charge in [0, 0.05) is 18.5 Å². The first kappa shape index (κ1) is 24.5. The topological polar surface area (TPSA) is 90.0 Å². The van der Waals surface area contributed by atoms with Crippen molar-refractivity contribution in [3.8, 4) is 5.69 Å². The molecule has 1 aromatic heterocycles. The molecule has 0 fully saturated rings. The molecule has 1 aliphatic carbocycles. The number of aromatic nitrogens is 2. The second kappa shape index (κ2) is 9.90. The highest BCUT2D eigenvalue weighted by Gasteiger charge is 2.36. The lowest BCUT2D eigenvalue weighted by atomic mass is 9.75. The Kier molecular flexibility index (Phi) is 6.92. The monoisotopic (exact) mass is 470 g/mol. The van der Waals surface area contributed by atoms with E-state index >= 15 is 0 Å². The van der Waals surface area contributed by atoms with Crippen molar-refractivity contribution in [3.63, 3.8) is 0 Å². The number of aryl methyl sites for hydroxylation is 2. The maximum Gasteiger partial charge on any atom is 0.251 e. The van der Waals surface area contributed by atoms with Gasteiger partial charge >= 0.3 is 0 Å². The molecule has 4 rings (SSSR count). The molecule has 3 N–H and O–H groups in total. The van der Waals surface area contributed by atoms with E-state index in [0.29, 0.717) is 36.3 Å². The second-order valence-electron chi connectivity index (χ2n) is 10.2. The number of nitrogens with zero attached hydrogens (tertiary/aromatic N) is 2. The number of Topliss-reactive ketones (excluding diaryl/α,β-unsaturated/α-hetero) is 1. The Morgan fingerprint density at radius 1 is 1.17 bits per heavy atom. The molecule has 2 aromatic carbocycles. The first-order chi connectivity index (χ1) is 16.7. The molecule has 3 aromatic rings. The number of anilines is 1. The Balaban J connectivity index is 1.56. The number of rotatable bonds is 8. The summed E-state index contributed by atoms with van der Waals surface area (Å²) in [6.45, 7) is 10.6. The van der Waals surface area contributed by atoms with Crippen LogP contribution in [0.3, 0.4) is 0 Å². The van der Waals surface area contributed by atoms with Gasteiger partial charge in [-0.2, -0.15) is 5.10 Å². The van der Waals surface area contributed by atoms with Gasteiger partial charge in [0.15, 0.2) is 5.78 Å². The van der Waals surface area contributed by atoms with Crippen molar-refractivity contribution < 1.29 is 9.59 Å². The number of amides is 1. The van der Waals surface area contributed by atoms with Crippen LogP contribution in [0.2, 0.25) is 0 Å². The maximum absolute atomic E-state index is 13.0. The number of carbonyl (C=O) groups excluding carboxylic acids is 2. The summed E-state index contributed by atoms with van der Waals surface area (Å²) in [7, 11) is 0. The average Bonchev–Trinajstić information content (AvgIpc) is 3.16. The Morgan fingerprint density at radius 3 is 2.60 bits per heavy atom. The summed E-state index contributed by atoms with van der Waals surface area (Å²) >= 11 is 0. The van der Waals surface area contributed by atoms with Crippen LogP contribution in [0.25, 0.3) is 5.69 Å². The predicted molar refractivity (Wildman–Crippen MR) is 140 cm³/mol. The molecule has 0 spiro atoms. The van der Waals surface area contributed by atoms with Gasteiger partial charge in [0.05, 0.1) is 28.3 Å². The van der Waals surface area contributed by atoms with E-state index < -0.39 is 0 Å². The molecule has 35 heavy (non-hydrogen) atoms. The third-order valence-corrected chi connectivity index (χ3v) is 6.54. The Labute approximate surface area is 207 Å². The molecular weight excluding hydrogens is 436 g/mol. The van der Waals surface area contributed by atoms with E-state index in [0.717, 1.165) is 36.2 Å². The fourth-order valence-electron chi connectivity index (χ4n) is 4.71. The number of hydrogen-bond donors (Lipinski definition) is 2. The molecule has 0 unspecified atom stereocenters. The molecule has 6 nitrogen and oxygen atoms in total. The number of nitrogens with one attached hydrogen (secondary N) is 1. The van der Waals surface area contributed by atoms with Crippen molar-refractivity contribution in [1.29, 1.82) is 0 Å². The van der Waals surface area contributed by atoms with Crippen LogP contribution in [0.1, 0.15) is 69.9 Å². The average molecular weight is 471 g/mol.